The minimum atomic E-state index is -3.23. The van der Waals surface area contributed by atoms with E-state index in [2.05, 4.69) is 41.2 Å². The Morgan fingerprint density at radius 3 is 2.30 bits per heavy atom. The van der Waals surface area contributed by atoms with Gasteiger partial charge in [0.1, 0.15) is 0 Å². The van der Waals surface area contributed by atoms with Crippen LogP contribution in [0.25, 0.3) is 6.08 Å². The van der Waals surface area contributed by atoms with Crippen LogP contribution < -0.4 is 10.0 Å². The van der Waals surface area contributed by atoms with Crippen molar-refractivity contribution < 1.29 is 8.42 Å². The third-order valence-corrected chi connectivity index (χ3v) is 3.97. The summed E-state index contributed by atoms with van der Waals surface area (Å²) in [4.78, 5) is 0. The molecule has 0 aliphatic rings. The Kier molecular flexibility index (Phi) is 5.96. The van der Waals surface area contributed by atoms with E-state index < -0.39 is 10.0 Å². The number of anilines is 1. The molecule has 0 aliphatic heterocycles. The molecule has 5 heteroatoms. The number of nitrogens with one attached hydrogen (secondary N) is 2. The molecule has 1 atom stereocenters. The van der Waals surface area contributed by atoms with Crippen molar-refractivity contribution in [2.75, 3.05) is 17.5 Å². The summed E-state index contributed by atoms with van der Waals surface area (Å²) in [5, 5.41) is 3.41. The summed E-state index contributed by atoms with van der Waals surface area (Å²) in [5.41, 5.74) is 2.86. The van der Waals surface area contributed by atoms with Crippen LogP contribution in [0.4, 0.5) is 5.69 Å². The number of hydrogen-bond donors (Lipinski definition) is 2. The van der Waals surface area contributed by atoms with Gasteiger partial charge in [0.15, 0.2) is 0 Å². The Balaban J connectivity index is 1.86. The quantitative estimate of drug-likeness (QED) is 0.818. The molecule has 2 N–H and O–H groups in total. The van der Waals surface area contributed by atoms with Gasteiger partial charge in [-0.2, -0.15) is 0 Å². The Bertz CT molecular complexity index is 738. The molecule has 2 aromatic rings. The van der Waals surface area contributed by atoms with E-state index in [0.29, 0.717) is 5.69 Å². The second kappa shape index (κ2) is 7.94. The highest BCUT2D eigenvalue weighted by Gasteiger charge is 2.05. The maximum atomic E-state index is 11.2. The highest BCUT2D eigenvalue weighted by molar-refractivity contribution is 7.92. The van der Waals surface area contributed by atoms with Gasteiger partial charge >= 0.3 is 0 Å². The van der Waals surface area contributed by atoms with Gasteiger partial charge in [-0.1, -0.05) is 54.6 Å². The second-order valence-electron chi connectivity index (χ2n) is 5.44. The van der Waals surface area contributed by atoms with Gasteiger partial charge in [0.25, 0.3) is 0 Å². The van der Waals surface area contributed by atoms with Gasteiger partial charge < -0.3 is 5.32 Å². The minimum Gasteiger partial charge on any atom is -0.307 e. The first-order chi connectivity index (χ1) is 10.9. The molecule has 0 saturated carbocycles. The zero-order valence-corrected chi connectivity index (χ0v) is 14.2. The molecule has 0 unspecified atom stereocenters. The normalized spacial score (nSPS) is 13.1. The topological polar surface area (TPSA) is 58.2 Å². The standard InChI is InChI=1S/C18H22N2O2S/c1-15(19-14-6-9-16-7-4-3-5-8-16)17-10-12-18(13-11-17)20-23(2,21)22/h3-13,15,19-20H,14H2,1-2H3/b9-6+/t15-/m1/s1. The molecule has 0 saturated heterocycles. The van der Waals surface area contributed by atoms with E-state index in [1.807, 2.05) is 30.3 Å². The average molecular weight is 330 g/mol. The van der Waals surface area contributed by atoms with Crippen molar-refractivity contribution in [2.24, 2.45) is 0 Å². The number of rotatable bonds is 7. The maximum Gasteiger partial charge on any atom is 0.229 e. The molecular weight excluding hydrogens is 308 g/mol. The van der Waals surface area contributed by atoms with Crippen LogP contribution >= 0.6 is 0 Å². The molecule has 23 heavy (non-hydrogen) atoms. The van der Waals surface area contributed by atoms with E-state index in [4.69, 9.17) is 0 Å². The molecule has 0 amide bonds. The Morgan fingerprint density at radius 1 is 1.04 bits per heavy atom. The molecule has 0 fully saturated rings. The second-order valence-corrected chi connectivity index (χ2v) is 7.19. The Hall–Kier alpha value is -2.11. The number of sulfonamides is 1. The maximum absolute atomic E-state index is 11.2. The van der Waals surface area contributed by atoms with Gasteiger partial charge in [0.2, 0.25) is 10.0 Å². The van der Waals surface area contributed by atoms with Gasteiger partial charge in [-0.15, -0.1) is 0 Å². The van der Waals surface area contributed by atoms with E-state index >= 15 is 0 Å². The first-order valence-electron chi connectivity index (χ1n) is 7.47. The van der Waals surface area contributed by atoms with Crippen LogP contribution in [-0.4, -0.2) is 21.2 Å². The van der Waals surface area contributed by atoms with E-state index in [1.165, 1.54) is 5.56 Å². The highest BCUT2D eigenvalue weighted by Crippen LogP contribution is 2.16. The first-order valence-corrected chi connectivity index (χ1v) is 9.36. The third kappa shape index (κ3) is 6.26. The predicted molar refractivity (Wildman–Crippen MR) is 96.8 cm³/mol. The fourth-order valence-electron chi connectivity index (χ4n) is 2.18. The van der Waals surface area contributed by atoms with Crippen LogP contribution in [0.3, 0.4) is 0 Å². The summed E-state index contributed by atoms with van der Waals surface area (Å²) < 4.78 is 24.8. The van der Waals surface area contributed by atoms with Crippen LogP contribution in [0.1, 0.15) is 24.1 Å². The summed E-state index contributed by atoms with van der Waals surface area (Å²) >= 11 is 0. The summed E-state index contributed by atoms with van der Waals surface area (Å²) in [6, 6.07) is 17.7. The summed E-state index contributed by atoms with van der Waals surface area (Å²) in [7, 11) is -3.23. The summed E-state index contributed by atoms with van der Waals surface area (Å²) in [5.74, 6) is 0. The average Bonchev–Trinajstić information content (AvgIpc) is 2.51. The minimum absolute atomic E-state index is 0.183. The zero-order chi connectivity index (χ0) is 16.7. The van der Waals surface area contributed by atoms with Crippen molar-refractivity contribution in [1.82, 2.24) is 5.32 Å². The van der Waals surface area contributed by atoms with E-state index in [1.54, 1.807) is 12.1 Å². The Labute approximate surface area is 138 Å². The van der Waals surface area contributed by atoms with Crippen molar-refractivity contribution in [3.05, 3.63) is 71.8 Å². The summed E-state index contributed by atoms with van der Waals surface area (Å²) in [6.45, 7) is 2.84. The third-order valence-electron chi connectivity index (χ3n) is 3.37. The van der Waals surface area contributed by atoms with E-state index in [9.17, 15) is 8.42 Å². The lowest BCUT2D eigenvalue weighted by Crippen LogP contribution is -2.18. The number of hydrogen-bond acceptors (Lipinski definition) is 3. The van der Waals surface area contributed by atoms with Crippen molar-refractivity contribution in [3.63, 3.8) is 0 Å². The smallest absolute Gasteiger partial charge is 0.229 e. The van der Waals surface area contributed by atoms with Gasteiger partial charge in [0, 0.05) is 18.3 Å². The van der Waals surface area contributed by atoms with E-state index in [-0.39, 0.29) is 6.04 Å². The van der Waals surface area contributed by atoms with Crippen molar-refractivity contribution in [3.8, 4) is 0 Å². The van der Waals surface area contributed by atoms with E-state index in [0.717, 1.165) is 18.4 Å². The van der Waals surface area contributed by atoms with Gasteiger partial charge in [0.05, 0.1) is 6.26 Å². The van der Waals surface area contributed by atoms with Crippen LogP contribution in [-0.2, 0) is 10.0 Å². The summed E-state index contributed by atoms with van der Waals surface area (Å²) in [6.07, 6.45) is 5.31. The molecule has 4 nitrogen and oxygen atoms in total. The van der Waals surface area contributed by atoms with Gasteiger partial charge in [-0.05, 0) is 30.2 Å². The van der Waals surface area contributed by atoms with Crippen molar-refractivity contribution in [1.29, 1.82) is 0 Å². The lowest BCUT2D eigenvalue weighted by Gasteiger charge is -2.13. The fraction of sp³-hybridized carbons (Fsp3) is 0.222. The van der Waals surface area contributed by atoms with Gasteiger partial charge in [-0.3, -0.25) is 4.72 Å². The SMILES string of the molecule is C[C@@H](NC/C=C/c1ccccc1)c1ccc(NS(C)(=O)=O)cc1. The fourth-order valence-corrected chi connectivity index (χ4v) is 2.74. The van der Waals surface area contributed by atoms with Crippen molar-refractivity contribution >= 4 is 21.8 Å². The molecule has 0 aromatic heterocycles. The lowest BCUT2D eigenvalue weighted by molar-refractivity contribution is 0.607. The van der Waals surface area contributed by atoms with Crippen LogP contribution in [0.15, 0.2) is 60.7 Å². The molecule has 0 heterocycles. The Morgan fingerprint density at radius 2 is 1.70 bits per heavy atom. The molecule has 0 radical (unpaired) electrons. The zero-order valence-electron chi connectivity index (χ0n) is 13.4. The van der Waals surface area contributed by atoms with Crippen molar-refractivity contribution in [2.45, 2.75) is 13.0 Å². The molecule has 0 bridgehead atoms. The largest absolute Gasteiger partial charge is 0.307 e. The first kappa shape index (κ1) is 17.2. The molecule has 0 spiro atoms. The highest BCUT2D eigenvalue weighted by atomic mass is 32.2. The molecule has 122 valence electrons. The molecule has 2 rings (SSSR count). The van der Waals surface area contributed by atoms with Crippen LogP contribution in [0.2, 0.25) is 0 Å². The molecule has 2 aromatic carbocycles. The number of benzene rings is 2. The predicted octanol–water partition coefficient (Wildman–Crippen LogP) is 3.42. The van der Waals surface area contributed by atoms with Gasteiger partial charge in [-0.25, -0.2) is 8.42 Å². The van der Waals surface area contributed by atoms with Crippen LogP contribution in [0, 0.1) is 0 Å². The lowest BCUT2D eigenvalue weighted by atomic mass is 10.1. The molecule has 0 aliphatic carbocycles. The van der Waals surface area contributed by atoms with Crippen LogP contribution in [0.5, 0.6) is 0 Å². The molecular formula is C18H22N2O2S. The monoisotopic (exact) mass is 330 g/mol.